The van der Waals surface area contributed by atoms with E-state index in [1.54, 1.807) is 37.2 Å². The number of piperazine rings is 1. The van der Waals surface area contributed by atoms with Gasteiger partial charge in [-0.3, -0.25) is 9.40 Å². The maximum absolute atomic E-state index is 13.5. The zero-order chi connectivity index (χ0) is 33.5. The van der Waals surface area contributed by atoms with Crippen LogP contribution in [0.4, 0.5) is 30.6 Å². The molecule has 0 spiro atoms. The molecule has 1 saturated heterocycles. The molecule has 5 aromatic rings. The first-order valence-corrected chi connectivity index (χ1v) is 16.2. The number of hydrogen-bond donors (Lipinski definition) is 2. The monoisotopic (exact) mass is 667 g/mol. The van der Waals surface area contributed by atoms with Crippen LogP contribution in [0.25, 0.3) is 33.3 Å². The standard InChI is InChI=1S/C31H32F3N9O3S/c1-18(19-4-7-22(32)8-5-19)46-25-14-20(6-9-24(25)40-47(44,45)30(33)34)27-26-28(42(3)39-27)23(17-36-29(26)35)21-15-37-31(38-16-21)43-12-10-41(2)11-13-43/h4-9,14-18,30,40H,10-13H2,1-3H3,(H2,35,36)/t18-/m0/s1. The molecule has 3 N–H and O–H groups in total. The summed E-state index contributed by atoms with van der Waals surface area (Å²) < 4.78 is 73.9. The summed E-state index contributed by atoms with van der Waals surface area (Å²) in [6, 6.07) is 9.82. The number of likely N-dealkylation sites (N-methyl/N-ethyl adjacent to an activating group) is 1. The van der Waals surface area contributed by atoms with Crippen LogP contribution in [0, 0.1) is 5.82 Å². The Kier molecular flexibility index (Phi) is 8.63. The molecular formula is C31H32F3N9O3S. The third kappa shape index (κ3) is 6.51. The number of aromatic nitrogens is 5. The molecule has 6 rings (SSSR count). The number of alkyl halides is 2. The molecule has 2 aromatic carbocycles. The molecule has 1 atom stereocenters. The number of nitrogens with two attached hydrogens (primary N) is 1. The van der Waals surface area contributed by atoms with Gasteiger partial charge in [0.2, 0.25) is 5.95 Å². The van der Waals surface area contributed by atoms with Crippen molar-refractivity contribution in [3.8, 4) is 28.1 Å². The van der Waals surface area contributed by atoms with Crippen molar-refractivity contribution < 1.29 is 26.3 Å². The van der Waals surface area contributed by atoms with Crippen molar-refractivity contribution in [1.82, 2.24) is 29.6 Å². The highest BCUT2D eigenvalue weighted by atomic mass is 32.2. The number of aryl methyl sites for hydroxylation is 1. The highest BCUT2D eigenvalue weighted by molar-refractivity contribution is 7.93. The SMILES string of the molecule is C[C@H](Oc1cc(-c2nn(C)c3c(-c4cnc(N5CCN(C)CC5)nc4)cnc(N)c23)ccc1NS(=O)(=O)C(F)F)c1ccc(F)cc1. The molecule has 16 heteroatoms. The normalized spacial score (nSPS) is 14.9. The minimum atomic E-state index is -5.02. The molecule has 3 aromatic heterocycles. The summed E-state index contributed by atoms with van der Waals surface area (Å²) in [7, 11) is -1.20. The molecule has 0 aliphatic carbocycles. The van der Waals surface area contributed by atoms with Crippen LogP contribution in [0.2, 0.25) is 0 Å². The Morgan fingerprint density at radius 2 is 1.62 bits per heavy atom. The van der Waals surface area contributed by atoms with E-state index < -0.39 is 27.7 Å². The lowest BCUT2D eigenvalue weighted by Crippen LogP contribution is -2.45. The maximum atomic E-state index is 13.5. The van der Waals surface area contributed by atoms with Gasteiger partial charge in [0.1, 0.15) is 29.2 Å². The summed E-state index contributed by atoms with van der Waals surface area (Å²) in [5.41, 5.74) is 9.62. The summed E-state index contributed by atoms with van der Waals surface area (Å²) in [5.74, 6) is -3.35. The van der Waals surface area contributed by atoms with Crippen LogP contribution in [0.1, 0.15) is 18.6 Å². The summed E-state index contributed by atoms with van der Waals surface area (Å²) in [6.07, 6.45) is 4.37. The van der Waals surface area contributed by atoms with E-state index in [2.05, 4.69) is 31.8 Å². The molecule has 246 valence electrons. The van der Waals surface area contributed by atoms with Crippen molar-refractivity contribution in [2.24, 2.45) is 7.05 Å². The van der Waals surface area contributed by atoms with Crippen LogP contribution >= 0.6 is 0 Å². The number of anilines is 3. The van der Waals surface area contributed by atoms with Gasteiger partial charge in [-0.1, -0.05) is 18.2 Å². The summed E-state index contributed by atoms with van der Waals surface area (Å²) in [4.78, 5) is 18.0. The fourth-order valence-corrected chi connectivity index (χ4v) is 5.98. The average Bonchev–Trinajstić information content (AvgIpc) is 3.40. The molecule has 12 nitrogen and oxygen atoms in total. The second kappa shape index (κ2) is 12.7. The van der Waals surface area contributed by atoms with Crippen LogP contribution in [0.5, 0.6) is 5.75 Å². The molecule has 0 radical (unpaired) electrons. The van der Waals surface area contributed by atoms with Gasteiger partial charge in [0.15, 0.2) is 0 Å². The second-order valence-electron chi connectivity index (χ2n) is 11.2. The first-order valence-electron chi connectivity index (χ1n) is 14.6. The number of ether oxygens (including phenoxy) is 1. The summed E-state index contributed by atoms with van der Waals surface area (Å²) in [6.45, 7) is 5.15. The highest BCUT2D eigenvalue weighted by Gasteiger charge is 2.27. The first kappa shape index (κ1) is 32.0. The molecule has 0 unspecified atom stereocenters. The van der Waals surface area contributed by atoms with Gasteiger partial charge in [-0.25, -0.2) is 27.8 Å². The quantitative estimate of drug-likeness (QED) is 0.228. The summed E-state index contributed by atoms with van der Waals surface area (Å²) in [5, 5.41) is 5.22. The Labute approximate surface area is 269 Å². The number of halogens is 3. The number of sulfonamides is 1. The van der Waals surface area contributed by atoms with Crippen molar-refractivity contribution in [3.63, 3.8) is 0 Å². The Hall–Kier alpha value is -4.96. The molecule has 1 aliphatic heterocycles. The molecule has 47 heavy (non-hydrogen) atoms. The molecule has 0 bridgehead atoms. The fourth-order valence-electron chi connectivity index (χ4n) is 5.42. The van der Waals surface area contributed by atoms with Crippen LogP contribution in [0.3, 0.4) is 0 Å². The van der Waals surface area contributed by atoms with Gasteiger partial charge >= 0.3 is 5.76 Å². The van der Waals surface area contributed by atoms with Crippen LogP contribution in [-0.2, 0) is 17.1 Å². The van der Waals surface area contributed by atoms with Gasteiger partial charge in [0, 0.05) is 68.5 Å². The van der Waals surface area contributed by atoms with Gasteiger partial charge < -0.3 is 20.3 Å². The van der Waals surface area contributed by atoms with Gasteiger partial charge in [-0.15, -0.1) is 0 Å². The number of benzene rings is 2. The molecular weight excluding hydrogens is 635 g/mol. The lowest BCUT2D eigenvalue weighted by molar-refractivity contribution is 0.228. The Balaban J connectivity index is 1.40. The predicted molar refractivity (Wildman–Crippen MR) is 173 cm³/mol. The number of rotatable bonds is 9. The number of nitrogens with zero attached hydrogens (tertiary/aromatic N) is 7. The zero-order valence-corrected chi connectivity index (χ0v) is 26.5. The highest BCUT2D eigenvalue weighted by Crippen LogP contribution is 2.40. The minimum absolute atomic E-state index is 0.0575. The lowest BCUT2D eigenvalue weighted by Gasteiger charge is -2.32. The van der Waals surface area contributed by atoms with Crippen molar-refractivity contribution >= 4 is 38.4 Å². The lowest BCUT2D eigenvalue weighted by atomic mass is 10.0. The Morgan fingerprint density at radius 3 is 2.28 bits per heavy atom. The van der Waals surface area contributed by atoms with Crippen molar-refractivity contribution in [2.75, 3.05) is 48.6 Å². The van der Waals surface area contributed by atoms with Gasteiger partial charge in [0.25, 0.3) is 10.0 Å². The van der Waals surface area contributed by atoms with Gasteiger partial charge in [-0.05, 0) is 43.8 Å². The minimum Gasteiger partial charge on any atom is -0.484 e. The number of nitrogen functional groups attached to an aromatic ring is 1. The largest absolute Gasteiger partial charge is 0.484 e. The van der Waals surface area contributed by atoms with Crippen LogP contribution in [-0.4, -0.2) is 77.0 Å². The average molecular weight is 668 g/mol. The van der Waals surface area contributed by atoms with Gasteiger partial charge in [-0.2, -0.15) is 13.9 Å². The number of fused-ring (bicyclic) bond motifs is 1. The van der Waals surface area contributed by atoms with E-state index in [9.17, 15) is 21.6 Å². The topological polar surface area (TPSA) is 144 Å². The zero-order valence-electron chi connectivity index (χ0n) is 25.7. The summed E-state index contributed by atoms with van der Waals surface area (Å²) >= 11 is 0. The third-order valence-corrected chi connectivity index (χ3v) is 8.99. The van der Waals surface area contributed by atoms with Crippen molar-refractivity contribution in [2.45, 2.75) is 18.8 Å². The molecule has 1 fully saturated rings. The van der Waals surface area contributed by atoms with E-state index in [1.807, 2.05) is 4.72 Å². The van der Waals surface area contributed by atoms with Gasteiger partial charge in [0.05, 0.1) is 16.6 Å². The number of pyridine rings is 1. The van der Waals surface area contributed by atoms with Crippen molar-refractivity contribution in [1.29, 1.82) is 0 Å². The fraction of sp³-hybridized carbons (Fsp3) is 0.290. The van der Waals surface area contributed by atoms with E-state index in [0.717, 1.165) is 26.2 Å². The van der Waals surface area contributed by atoms with Crippen LogP contribution < -0.4 is 20.1 Å². The van der Waals surface area contributed by atoms with E-state index in [1.165, 1.54) is 42.5 Å². The number of nitrogens with one attached hydrogen (secondary N) is 1. The first-order chi connectivity index (χ1) is 22.4. The molecule has 0 amide bonds. The second-order valence-corrected chi connectivity index (χ2v) is 12.9. The number of hydrogen-bond acceptors (Lipinski definition) is 10. The Morgan fingerprint density at radius 1 is 0.936 bits per heavy atom. The molecule has 0 saturated carbocycles. The Bertz CT molecular complexity index is 2020. The van der Waals surface area contributed by atoms with E-state index in [0.29, 0.717) is 44.8 Å². The van der Waals surface area contributed by atoms with E-state index in [-0.39, 0.29) is 17.3 Å². The third-order valence-electron chi connectivity index (χ3n) is 8.01. The smallest absolute Gasteiger partial charge is 0.355 e. The molecule has 4 heterocycles. The maximum Gasteiger partial charge on any atom is 0.355 e. The predicted octanol–water partition coefficient (Wildman–Crippen LogP) is 4.67. The van der Waals surface area contributed by atoms with E-state index in [4.69, 9.17) is 15.6 Å². The molecule has 1 aliphatic rings. The van der Waals surface area contributed by atoms with Crippen molar-refractivity contribution in [3.05, 3.63) is 72.4 Å². The van der Waals surface area contributed by atoms with E-state index >= 15 is 0 Å². The van der Waals surface area contributed by atoms with Crippen LogP contribution in [0.15, 0.2) is 61.1 Å².